The van der Waals surface area contributed by atoms with Gasteiger partial charge in [-0.25, -0.2) is 0 Å². The first-order chi connectivity index (χ1) is 12.7. The highest BCUT2D eigenvalue weighted by atomic mass is 32.2. The lowest BCUT2D eigenvalue weighted by Crippen LogP contribution is -2.35. The van der Waals surface area contributed by atoms with Crippen LogP contribution in [0.2, 0.25) is 0 Å². The Kier molecular flexibility index (Phi) is 6.44. The monoisotopic (exact) mass is 367 g/mol. The molecular formula is C20H21N3O2S. The summed E-state index contributed by atoms with van der Waals surface area (Å²) in [6, 6.07) is 19.6. The predicted molar refractivity (Wildman–Crippen MR) is 105 cm³/mol. The molecule has 0 aliphatic carbocycles. The first-order valence-electron chi connectivity index (χ1n) is 8.57. The lowest BCUT2D eigenvalue weighted by atomic mass is 10.0. The van der Waals surface area contributed by atoms with Crippen molar-refractivity contribution in [1.29, 1.82) is 0 Å². The van der Waals surface area contributed by atoms with Crippen LogP contribution in [0, 0.1) is 0 Å². The van der Waals surface area contributed by atoms with Gasteiger partial charge in [0.1, 0.15) is 0 Å². The van der Waals surface area contributed by atoms with Gasteiger partial charge in [0.25, 0.3) is 0 Å². The zero-order valence-corrected chi connectivity index (χ0v) is 15.2. The van der Waals surface area contributed by atoms with Gasteiger partial charge in [-0.3, -0.25) is 14.6 Å². The number of carbonyl (C=O) groups excluding carboxylic acids is 2. The molecular weight excluding hydrogens is 346 g/mol. The van der Waals surface area contributed by atoms with Crippen molar-refractivity contribution < 1.29 is 9.59 Å². The summed E-state index contributed by atoms with van der Waals surface area (Å²) in [4.78, 5) is 28.5. The van der Waals surface area contributed by atoms with Crippen LogP contribution in [0.3, 0.4) is 0 Å². The third-order valence-corrected chi connectivity index (χ3v) is 4.89. The van der Waals surface area contributed by atoms with E-state index in [0.29, 0.717) is 18.1 Å². The predicted octanol–water partition coefficient (Wildman–Crippen LogP) is 2.70. The van der Waals surface area contributed by atoms with Gasteiger partial charge in [0.15, 0.2) is 5.17 Å². The topological polar surface area (TPSA) is 70.6 Å². The van der Waals surface area contributed by atoms with Gasteiger partial charge in [-0.15, -0.1) is 0 Å². The van der Waals surface area contributed by atoms with E-state index in [9.17, 15) is 9.59 Å². The van der Waals surface area contributed by atoms with Crippen molar-refractivity contribution in [3.63, 3.8) is 0 Å². The second-order valence-corrected chi connectivity index (χ2v) is 6.95. The number of aliphatic imine (C=N–C) groups is 1. The number of rotatable bonds is 6. The fourth-order valence-electron chi connectivity index (χ4n) is 2.68. The molecule has 0 spiro atoms. The van der Waals surface area contributed by atoms with E-state index < -0.39 is 0 Å². The minimum Gasteiger partial charge on any atom is -0.355 e. The maximum Gasteiger partial charge on any atom is 0.230 e. The number of nitrogens with one attached hydrogen (secondary N) is 2. The number of hydrogen-bond donors (Lipinski definition) is 2. The molecule has 0 saturated carbocycles. The number of thioether (sulfide) groups is 1. The summed E-state index contributed by atoms with van der Waals surface area (Å²) in [5.74, 6) is 0.0978. The highest BCUT2D eigenvalue weighted by Gasteiger charge is 2.22. The maximum absolute atomic E-state index is 12.0. The molecule has 1 aliphatic rings. The van der Waals surface area contributed by atoms with Crippen LogP contribution in [-0.4, -0.2) is 29.3 Å². The Morgan fingerprint density at radius 1 is 1.12 bits per heavy atom. The Labute approximate surface area is 157 Å². The van der Waals surface area contributed by atoms with Gasteiger partial charge in [0, 0.05) is 6.54 Å². The lowest BCUT2D eigenvalue weighted by Gasteiger charge is -2.20. The molecule has 2 N–H and O–H groups in total. The van der Waals surface area contributed by atoms with E-state index in [1.807, 2.05) is 60.7 Å². The van der Waals surface area contributed by atoms with E-state index in [1.165, 1.54) is 17.3 Å². The smallest absolute Gasteiger partial charge is 0.230 e. The Morgan fingerprint density at radius 3 is 2.54 bits per heavy atom. The molecule has 0 bridgehead atoms. The quantitative estimate of drug-likeness (QED) is 0.825. The fourth-order valence-corrected chi connectivity index (χ4v) is 3.44. The van der Waals surface area contributed by atoms with Crippen LogP contribution < -0.4 is 10.6 Å². The third kappa shape index (κ3) is 5.46. The van der Waals surface area contributed by atoms with Crippen LogP contribution >= 0.6 is 11.8 Å². The van der Waals surface area contributed by atoms with Crippen LogP contribution in [-0.2, 0) is 16.0 Å². The molecule has 0 saturated heterocycles. The largest absolute Gasteiger partial charge is 0.355 e. The van der Waals surface area contributed by atoms with Crippen molar-refractivity contribution in [2.75, 3.05) is 12.3 Å². The van der Waals surface area contributed by atoms with Gasteiger partial charge in [0.2, 0.25) is 11.8 Å². The normalized spacial score (nSPS) is 16.5. The third-order valence-electron chi connectivity index (χ3n) is 4.00. The Balaban J connectivity index is 1.47. The minimum absolute atomic E-state index is 0.0651. The number of nitrogens with zero attached hydrogens (tertiary/aromatic N) is 1. The van der Waals surface area contributed by atoms with Crippen LogP contribution in [0.5, 0.6) is 0 Å². The molecule has 1 atom stereocenters. The minimum atomic E-state index is -0.186. The van der Waals surface area contributed by atoms with Crippen LogP contribution in [0.4, 0.5) is 0 Å². The lowest BCUT2D eigenvalue weighted by molar-refractivity contribution is -0.120. The molecule has 0 radical (unpaired) electrons. The van der Waals surface area contributed by atoms with Crippen molar-refractivity contribution in [1.82, 2.24) is 10.6 Å². The number of amidine groups is 1. The summed E-state index contributed by atoms with van der Waals surface area (Å²) in [5.41, 5.74) is 2.20. The van der Waals surface area contributed by atoms with Crippen LogP contribution in [0.15, 0.2) is 65.7 Å². The zero-order valence-electron chi connectivity index (χ0n) is 14.4. The Morgan fingerprint density at radius 2 is 1.81 bits per heavy atom. The van der Waals surface area contributed by atoms with Gasteiger partial charge < -0.3 is 10.6 Å². The highest BCUT2D eigenvalue weighted by molar-refractivity contribution is 8.14. The SMILES string of the molecule is O=C(CSC1=N[C@H](c2ccccc2)CC(=O)N1)NCCc1ccccc1. The number of carbonyl (C=O) groups is 2. The fraction of sp³-hybridized carbons (Fsp3) is 0.250. The molecule has 134 valence electrons. The summed E-state index contributed by atoms with van der Waals surface area (Å²) in [5, 5.41) is 6.15. The van der Waals surface area contributed by atoms with E-state index >= 15 is 0 Å². The summed E-state index contributed by atoms with van der Waals surface area (Å²) in [6.45, 7) is 0.592. The molecule has 2 aromatic rings. The molecule has 2 aromatic carbocycles. The van der Waals surface area contributed by atoms with Crippen molar-refractivity contribution in [3.8, 4) is 0 Å². The average Bonchev–Trinajstić information content (AvgIpc) is 2.67. The molecule has 0 fully saturated rings. The van der Waals surface area contributed by atoms with Crippen LogP contribution in [0.25, 0.3) is 0 Å². The van der Waals surface area contributed by atoms with Gasteiger partial charge in [-0.2, -0.15) is 0 Å². The van der Waals surface area contributed by atoms with Crippen molar-refractivity contribution in [3.05, 3.63) is 71.8 Å². The van der Waals surface area contributed by atoms with Gasteiger partial charge in [0.05, 0.1) is 18.2 Å². The van der Waals surface area contributed by atoms with E-state index in [-0.39, 0.29) is 23.6 Å². The summed E-state index contributed by atoms with van der Waals surface area (Å²) < 4.78 is 0. The number of benzene rings is 2. The summed E-state index contributed by atoms with van der Waals surface area (Å²) in [7, 11) is 0. The average molecular weight is 367 g/mol. The van der Waals surface area contributed by atoms with Crippen LogP contribution in [0.1, 0.15) is 23.6 Å². The van der Waals surface area contributed by atoms with E-state index in [4.69, 9.17) is 0 Å². The molecule has 1 heterocycles. The maximum atomic E-state index is 12.0. The molecule has 26 heavy (non-hydrogen) atoms. The van der Waals surface area contributed by atoms with E-state index in [0.717, 1.165) is 12.0 Å². The second-order valence-electron chi connectivity index (χ2n) is 5.99. The van der Waals surface area contributed by atoms with E-state index in [2.05, 4.69) is 15.6 Å². The zero-order chi connectivity index (χ0) is 18.2. The molecule has 3 rings (SSSR count). The summed E-state index contributed by atoms with van der Waals surface area (Å²) in [6.07, 6.45) is 1.13. The molecule has 2 amide bonds. The van der Waals surface area contributed by atoms with Gasteiger partial charge in [-0.05, 0) is 17.5 Å². The molecule has 1 aliphatic heterocycles. The van der Waals surface area contributed by atoms with Crippen molar-refractivity contribution in [2.45, 2.75) is 18.9 Å². The summed E-state index contributed by atoms with van der Waals surface area (Å²) >= 11 is 1.26. The van der Waals surface area contributed by atoms with E-state index in [1.54, 1.807) is 0 Å². The number of amides is 2. The van der Waals surface area contributed by atoms with Gasteiger partial charge >= 0.3 is 0 Å². The molecule has 0 aromatic heterocycles. The first kappa shape index (κ1) is 18.2. The second kappa shape index (κ2) is 9.20. The first-order valence-corrected chi connectivity index (χ1v) is 9.55. The Bertz CT molecular complexity index is 778. The van der Waals surface area contributed by atoms with Gasteiger partial charge in [-0.1, -0.05) is 72.4 Å². The highest BCUT2D eigenvalue weighted by Crippen LogP contribution is 2.25. The standard InChI is InChI=1S/C20H21N3O2S/c24-18-13-17(16-9-5-2-6-10-16)22-20(23-18)26-14-19(25)21-12-11-15-7-3-1-4-8-15/h1-10,17H,11-14H2,(H,21,25)(H,22,23,24)/t17-/m0/s1. The molecule has 0 unspecified atom stereocenters. The molecule has 6 heteroatoms. The van der Waals surface area contributed by atoms with Crippen molar-refractivity contribution >= 4 is 28.7 Å². The number of hydrogen-bond acceptors (Lipinski definition) is 4. The molecule has 5 nitrogen and oxygen atoms in total. The Hall–Kier alpha value is -2.60. The van der Waals surface area contributed by atoms with Crippen molar-refractivity contribution in [2.24, 2.45) is 4.99 Å².